The first-order valence-corrected chi connectivity index (χ1v) is 22.7. The number of primary amides is 1. The molecule has 62 heavy (non-hydrogen) atoms. The van der Waals surface area contributed by atoms with Crippen LogP contribution in [0.4, 0.5) is 0 Å². The molecule has 3 aromatic carbocycles. The van der Waals surface area contributed by atoms with E-state index in [1.807, 2.05) is 37.6 Å². The van der Waals surface area contributed by atoms with Gasteiger partial charge in [0.15, 0.2) is 11.7 Å². The van der Waals surface area contributed by atoms with E-state index < -0.39 is 53.3 Å². The number of phenols is 1. The maximum absolute atomic E-state index is 13.8. The molecule has 0 radical (unpaired) electrons. The summed E-state index contributed by atoms with van der Waals surface area (Å²) < 4.78 is 24.2. The lowest BCUT2D eigenvalue weighted by molar-refractivity contribution is -0.316. The number of aromatic hydroxyl groups is 1. The first-order valence-electron chi connectivity index (χ1n) is 20.2. The number of fused-ring (bicyclic) bond motifs is 2. The molecule has 2 aromatic heterocycles. The quantitative estimate of drug-likeness (QED) is 0.0732. The molecule has 4 heterocycles. The van der Waals surface area contributed by atoms with Crippen LogP contribution in [0.2, 0.25) is 0 Å². The number of rotatable bonds is 13. The van der Waals surface area contributed by atoms with Gasteiger partial charge in [-0.3, -0.25) is 9.59 Å². The normalized spacial score (nSPS) is 25.3. The van der Waals surface area contributed by atoms with Crippen molar-refractivity contribution in [2.24, 2.45) is 17.6 Å². The van der Waals surface area contributed by atoms with Gasteiger partial charge >= 0.3 is 5.97 Å². The number of hydrogen-bond acceptors (Lipinski definition) is 14. The number of carboxylic acids is 1. The third-order valence-electron chi connectivity index (χ3n) is 11.4. The van der Waals surface area contributed by atoms with Gasteiger partial charge in [0, 0.05) is 30.8 Å². The summed E-state index contributed by atoms with van der Waals surface area (Å²) >= 11 is 0. The molecular formula is C45H50N4O11S2. The Bertz CT molecular complexity index is 2380. The van der Waals surface area contributed by atoms with Crippen molar-refractivity contribution in [3.8, 4) is 22.6 Å². The van der Waals surface area contributed by atoms with Crippen LogP contribution in [0.15, 0.2) is 107 Å². The van der Waals surface area contributed by atoms with Crippen LogP contribution in [0.1, 0.15) is 40.4 Å². The number of aliphatic carboxylic acids is 1. The average molecular weight is 887 g/mol. The van der Waals surface area contributed by atoms with Crippen molar-refractivity contribution in [2.45, 2.75) is 49.0 Å². The SMILES string of the molecule is CNCCC(CC=Cc1ccccc1)C1CNCC2(O)C(Oc3ccc4c(=O)c(-c5ccc(O)cc5)c(C(N)=O)oc4c3)OC(C(=O)O)C(O)C2OCSSCC1c1cc[nH]c1. The van der Waals surface area contributed by atoms with Crippen molar-refractivity contribution in [3.63, 3.8) is 0 Å². The van der Waals surface area contributed by atoms with Gasteiger partial charge in [0.05, 0.1) is 10.9 Å². The lowest BCUT2D eigenvalue weighted by atomic mass is 9.76. The third kappa shape index (κ3) is 10.1. The van der Waals surface area contributed by atoms with E-state index in [9.17, 15) is 34.8 Å². The number of carboxylic acid groups (broad SMARTS) is 1. The van der Waals surface area contributed by atoms with Crippen LogP contribution >= 0.6 is 21.6 Å². The second-order valence-electron chi connectivity index (χ2n) is 15.4. The molecule has 2 saturated heterocycles. The minimum Gasteiger partial charge on any atom is -0.508 e. The number of aromatic nitrogens is 1. The predicted octanol–water partition coefficient (Wildman–Crippen LogP) is 4.93. The number of carbonyl (C=O) groups excluding carboxylic acids is 1. The van der Waals surface area contributed by atoms with Crippen LogP contribution in [-0.4, -0.2) is 106 Å². The number of benzene rings is 3. The Balaban J connectivity index is 1.22. The number of aliphatic hydroxyl groups is 2. The first-order chi connectivity index (χ1) is 30.0. The summed E-state index contributed by atoms with van der Waals surface area (Å²) in [6, 6.07) is 21.9. The number of H-pyrrole nitrogens is 1. The Morgan fingerprint density at radius 2 is 1.89 bits per heavy atom. The van der Waals surface area contributed by atoms with Crippen LogP contribution < -0.4 is 26.5 Å². The Labute approximate surface area is 365 Å². The molecule has 328 valence electrons. The Kier molecular flexibility index (Phi) is 14.8. The lowest BCUT2D eigenvalue weighted by Crippen LogP contribution is -2.72. The first kappa shape index (κ1) is 44.9. The number of nitrogens with two attached hydrogens (primary N) is 1. The molecule has 7 rings (SSSR count). The fourth-order valence-corrected chi connectivity index (χ4v) is 10.3. The fraction of sp³-hybridized carbons (Fsp3) is 0.356. The second kappa shape index (κ2) is 20.4. The van der Waals surface area contributed by atoms with E-state index >= 15 is 0 Å². The summed E-state index contributed by atoms with van der Waals surface area (Å²) in [4.78, 5) is 42.1. The molecule has 15 nitrogen and oxygen atoms in total. The van der Waals surface area contributed by atoms with Gasteiger partial charge in [0.1, 0.15) is 35.2 Å². The summed E-state index contributed by atoms with van der Waals surface area (Å²) in [5.41, 5.74) is 5.24. The van der Waals surface area contributed by atoms with E-state index in [0.29, 0.717) is 12.1 Å². The number of carbonyl (C=O) groups is 2. The molecule has 17 heteroatoms. The zero-order valence-corrected chi connectivity index (χ0v) is 35.5. The Hall–Kier alpha value is -5.11. The summed E-state index contributed by atoms with van der Waals surface area (Å²) in [5.74, 6) is -2.02. The van der Waals surface area contributed by atoms with E-state index in [-0.39, 0.29) is 58.3 Å². The maximum atomic E-state index is 13.8. The van der Waals surface area contributed by atoms with Crippen molar-refractivity contribution in [2.75, 3.05) is 38.4 Å². The van der Waals surface area contributed by atoms with Crippen LogP contribution in [0.5, 0.6) is 11.5 Å². The molecule has 0 aliphatic carbocycles. The molecule has 8 unspecified atom stereocenters. The van der Waals surface area contributed by atoms with Crippen LogP contribution in [0, 0.1) is 11.8 Å². The third-order valence-corrected chi connectivity index (χ3v) is 13.5. The Morgan fingerprint density at radius 1 is 1.10 bits per heavy atom. The topological polar surface area (TPSA) is 239 Å². The van der Waals surface area contributed by atoms with Crippen molar-refractivity contribution in [3.05, 3.63) is 124 Å². The van der Waals surface area contributed by atoms with E-state index in [4.69, 9.17) is 24.4 Å². The second-order valence-corrected chi connectivity index (χ2v) is 17.8. The van der Waals surface area contributed by atoms with Gasteiger partial charge in [-0.25, -0.2) is 4.79 Å². The number of amides is 1. The molecule has 2 aliphatic heterocycles. The smallest absolute Gasteiger partial charge is 0.335 e. The molecule has 0 spiro atoms. The van der Waals surface area contributed by atoms with E-state index in [0.717, 1.165) is 36.3 Å². The molecule has 0 bridgehead atoms. The minimum absolute atomic E-state index is 0.0122. The highest BCUT2D eigenvalue weighted by Crippen LogP contribution is 2.42. The number of allylic oxidation sites excluding steroid dienone is 1. The highest BCUT2D eigenvalue weighted by atomic mass is 33.1. The number of phenolic OH excluding ortho intramolecular Hbond substituents is 1. The fourth-order valence-electron chi connectivity index (χ4n) is 8.26. The highest BCUT2D eigenvalue weighted by molar-refractivity contribution is 8.76. The van der Waals surface area contributed by atoms with Crippen molar-refractivity contribution in [1.29, 1.82) is 0 Å². The van der Waals surface area contributed by atoms with Crippen molar-refractivity contribution >= 4 is 50.5 Å². The van der Waals surface area contributed by atoms with Gasteiger partial charge in [0.2, 0.25) is 17.5 Å². The predicted molar refractivity (Wildman–Crippen MR) is 238 cm³/mol. The van der Waals surface area contributed by atoms with Gasteiger partial charge < -0.3 is 60.4 Å². The number of ether oxygens (including phenoxy) is 3. The zero-order valence-electron chi connectivity index (χ0n) is 33.8. The van der Waals surface area contributed by atoms with Gasteiger partial charge in [-0.2, -0.15) is 0 Å². The van der Waals surface area contributed by atoms with Crippen LogP contribution in [0.25, 0.3) is 28.2 Å². The molecule has 9 N–H and O–H groups in total. The summed E-state index contributed by atoms with van der Waals surface area (Å²) in [5, 5.41) is 51.0. The maximum Gasteiger partial charge on any atom is 0.335 e. The summed E-state index contributed by atoms with van der Waals surface area (Å²) in [7, 11) is 4.90. The molecule has 2 fully saturated rings. The Morgan fingerprint density at radius 3 is 2.60 bits per heavy atom. The molecule has 2 aliphatic rings. The average Bonchev–Trinajstić information content (AvgIpc) is 3.80. The van der Waals surface area contributed by atoms with E-state index in [1.54, 1.807) is 10.8 Å². The van der Waals surface area contributed by atoms with Gasteiger partial charge in [0.25, 0.3) is 5.91 Å². The number of aliphatic hydroxyl groups excluding tert-OH is 1. The highest BCUT2D eigenvalue weighted by Gasteiger charge is 2.59. The number of β-amino-alcohol motifs (C(OH)–C–C–N with tert-alkyl or cyclic N) is 1. The zero-order chi connectivity index (χ0) is 43.8. The number of hydrogen-bond donors (Lipinski definition) is 8. The van der Waals surface area contributed by atoms with Gasteiger partial charge in [-0.1, -0.05) is 76.2 Å². The molecule has 1 amide bonds. The van der Waals surface area contributed by atoms with Crippen molar-refractivity contribution < 1.29 is 48.6 Å². The monoisotopic (exact) mass is 886 g/mol. The van der Waals surface area contributed by atoms with Gasteiger partial charge in [-0.05, 0) is 97.8 Å². The van der Waals surface area contributed by atoms with Crippen molar-refractivity contribution in [1.82, 2.24) is 15.6 Å². The minimum atomic E-state index is -2.19. The number of aromatic amines is 1. The molecule has 8 atom stereocenters. The molecule has 5 aromatic rings. The molecule has 0 saturated carbocycles. The lowest BCUT2D eigenvalue weighted by Gasteiger charge is -2.49. The van der Waals surface area contributed by atoms with E-state index in [1.165, 1.54) is 53.3 Å². The summed E-state index contributed by atoms with van der Waals surface area (Å²) in [6.07, 6.45) is 2.99. The summed E-state index contributed by atoms with van der Waals surface area (Å²) in [6.45, 7) is 0.942. The van der Waals surface area contributed by atoms with E-state index in [2.05, 4.69) is 46.0 Å². The molecular weight excluding hydrogens is 837 g/mol. The number of nitrogens with one attached hydrogen (secondary N) is 3. The van der Waals surface area contributed by atoms with Gasteiger partial charge in [-0.15, -0.1) is 0 Å². The largest absolute Gasteiger partial charge is 0.508 e. The standard InChI is InChI=1S/C45H50N4O11S2/c1-47-18-16-27(9-5-8-26-6-3-2-4-7-26)33-22-49-24-45(56)41(57-25-62-61-23-34(33)29-17-19-48-21-29)38(52)40(43(54)55)60-44(45)58-31-14-15-32-35(20-31)59-39(42(46)53)36(37(32)51)28-10-12-30(50)13-11-28/h2-8,10-15,17,19-21,27,33-34,38,40-41,44,47-50,52,56H,9,16,18,22-25H2,1H3,(H2,46,53)(H,54,55). The van der Waals surface area contributed by atoms with Crippen LogP contribution in [0.3, 0.4) is 0 Å². The van der Waals surface area contributed by atoms with Crippen LogP contribution in [-0.2, 0) is 14.3 Å².